The maximum absolute atomic E-state index is 5.70. The predicted octanol–water partition coefficient (Wildman–Crippen LogP) is 3.44. The van der Waals surface area contributed by atoms with Crippen LogP contribution in [0.3, 0.4) is 0 Å². The van der Waals surface area contributed by atoms with Crippen LogP contribution in [-0.2, 0) is 0 Å². The Labute approximate surface area is 99.2 Å². The third-order valence-electron chi connectivity index (χ3n) is 1.71. The van der Waals surface area contributed by atoms with Gasteiger partial charge in [0.2, 0.25) is 0 Å². The monoisotopic (exact) mass is 386 g/mol. The maximum atomic E-state index is 5.70. The Morgan fingerprint density at radius 1 is 1.25 bits per heavy atom. The number of hydrogen-bond acceptors (Lipinski definition) is 1. The number of ether oxygens (including phenoxy) is 1. The molecule has 1 saturated carbocycles. The molecule has 3 heteroatoms. The molecular weight excluding hydrogens is 378 g/mol. The summed E-state index contributed by atoms with van der Waals surface area (Å²) in [7, 11) is 0. The van der Waals surface area contributed by atoms with Crippen LogP contribution in [0.4, 0.5) is 0 Å². The largest absolute Gasteiger partial charge is 0.489 e. The Hall–Kier alpha value is 0.480. The molecule has 0 saturated heterocycles. The van der Waals surface area contributed by atoms with E-state index in [2.05, 4.69) is 63.4 Å². The Kier molecular flexibility index (Phi) is 2.78. The molecule has 64 valence electrons. The van der Waals surface area contributed by atoms with Gasteiger partial charge in [-0.05, 0) is 76.2 Å². The summed E-state index contributed by atoms with van der Waals surface area (Å²) in [4.78, 5) is 0. The van der Waals surface area contributed by atoms with Crippen LogP contribution in [0.25, 0.3) is 0 Å². The minimum atomic E-state index is 0.499. The molecule has 0 heterocycles. The molecule has 12 heavy (non-hydrogen) atoms. The lowest BCUT2D eigenvalue weighted by Crippen LogP contribution is -1.97. The minimum Gasteiger partial charge on any atom is -0.489 e. The molecule has 0 aromatic heterocycles. The predicted molar refractivity (Wildman–Crippen MR) is 65.5 cm³/mol. The quantitative estimate of drug-likeness (QED) is 0.708. The molecule has 1 aliphatic rings. The van der Waals surface area contributed by atoms with Gasteiger partial charge in [-0.15, -0.1) is 0 Å². The molecule has 2 rings (SSSR count). The van der Waals surface area contributed by atoms with Crippen LogP contribution in [-0.4, -0.2) is 6.10 Å². The highest BCUT2D eigenvalue weighted by molar-refractivity contribution is 14.1. The molecule has 1 fully saturated rings. The van der Waals surface area contributed by atoms with Crippen molar-refractivity contribution in [3.8, 4) is 5.75 Å². The first kappa shape index (κ1) is 9.05. The van der Waals surface area contributed by atoms with Crippen LogP contribution in [0.1, 0.15) is 12.8 Å². The van der Waals surface area contributed by atoms with E-state index in [0.717, 1.165) is 5.75 Å². The van der Waals surface area contributed by atoms with Crippen molar-refractivity contribution in [1.82, 2.24) is 0 Å². The summed E-state index contributed by atoms with van der Waals surface area (Å²) in [5.74, 6) is 1.04. The van der Waals surface area contributed by atoms with E-state index in [1.807, 2.05) is 0 Å². The fourth-order valence-corrected chi connectivity index (χ4v) is 2.67. The molecule has 0 amide bonds. The lowest BCUT2D eigenvalue weighted by Gasteiger charge is -2.06. The summed E-state index contributed by atoms with van der Waals surface area (Å²) >= 11 is 4.63. The van der Waals surface area contributed by atoms with E-state index in [-0.39, 0.29) is 0 Å². The van der Waals surface area contributed by atoms with Crippen LogP contribution >= 0.6 is 45.2 Å². The fourth-order valence-electron chi connectivity index (χ4n) is 0.936. The van der Waals surface area contributed by atoms with Crippen molar-refractivity contribution in [3.05, 3.63) is 25.3 Å². The minimum absolute atomic E-state index is 0.499. The van der Waals surface area contributed by atoms with Crippen molar-refractivity contribution >= 4 is 45.2 Å². The molecule has 1 nitrogen and oxygen atoms in total. The van der Waals surface area contributed by atoms with E-state index in [0.29, 0.717) is 6.10 Å². The van der Waals surface area contributed by atoms with E-state index < -0.39 is 0 Å². The lowest BCUT2D eigenvalue weighted by molar-refractivity contribution is 0.301. The molecule has 0 aliphatic heterocycles. The first-order chi connectivity index (χ1) is 5.75. The Bertz CT molecular complexity index is 295. The molecule has 1 aromatic rings. The van der Waals surface area contributed by atoms with Crippen molar-refractivity contribution in [1.29, 1.82) is 0 Å². The van der Waals surface area contributed by atoms with Gasteiger partial charge in [0, 0.05) is 3.57 Å². The van der Waals surface area contributed by atoms with Crippen LogP contribution in [0.5, 0.6) is 5.75 Å². The van der Waals surface area contributed by atoms with Gasteiger partial charge in [-0.3, -0.25) is 0 Å². The summed E-state index contributed by atoms with van der Waals surface area (Å²) in [5.41, 5.74) is 0. The normalized spacial score (nSPS) is 16.2. The van der Waals surface area contributed by atoms with Gasteiger partial charge in [-0.2, -0.15) is 0 Å². The standard InChI is InChI=1S/C9H8I2O/c10-6-1-4-9(8(11)5-6)12-7-2-3-7/h1,4-5,7H,2-3H2. The SMILES string of the molecule is Ic1ccc(OC2CC2)c(I)c1. The first-order valence-corrected chi connectivity index (χ1v) is 6.03. The summed E-state index contributed by atoms with van der Waals surface area (Å²) in [6.07, 6.45) is 2.95. The zero-order valence-electron chi connectivity index (χ0n) is 6.39. The van der Waals surface area contributed by atoms with Crippen LogP contribution in [0, 0.1) is 7.14 Å². The zero-order chi connectivity index (χ0) is 8.55. The smallest absolute Gasteiger partial charge is 0.133 e. The number of halogens is 2. The molecule has 0 N–H and O–H groups in total. The highest BCUT2D eigenvalue weighted by atomic mass is 127. The molecule has 0 atom stereocenters. The van der Waals surface area contributed by atoms with E-state index in [4.69, 9.17) is 4.74 Å². The van der Waals surface area contributed by atoms with Gasteiger partial charge in [0.15, 0.2) is 0 Å². The summed E-state index contributed by atoms with van der Waals surface area (Å²) < 4.78 is 8.18. The fraction of sp³-hybridized carbons (Fsp3) is 0.333. The Morgan fingerprint density at radius 3 is 2.58 bits per heavy atom. The van der Waals surface area contributed by atoms with Gasteiger partial charge in [0.25, 0.3) is 0 Å². The molecular formula is C9H8I2O. The van der Waals surface area contributed by atoms with Crippen molar-refractivity contribution in [2.24, 2.45) is 0 Å². The molecule has 0 bridgehead atoms. The van der Waals surface area contributed by atoms with Crippen molar-refractivity contribution in [3.63, 3.8) is 0 Å². The van der Waals surface area contributed by atoms with E-state index >= 15 is 0 Å². The van der Waals surface area contributed by atoms with Crippen LogP contribution in [0.2, 0.25) is 0 Å². The lowest BCUT2D eigenvalue weighted by atomic mass is 10.3. The van der Waals surface area contributed by atoms with Gasteiger partial charge in [-0.25, -0.2) is 0 Å². The zero-order valence-corrected chi connectivity index (χ0v) is 10.7. The van der Waals surface area contributed by atoms with E-state index in [1.54, 1.807) is 0 Å². The van der Waals surface area contributed by atoms with Crippen molar-refractivity contribution < 1.29 is 4.74 Å². The second-order valence-corrected chi connectivity index (χ2v) is 5.30. The van der Waals surface area contributed by atoms with Crippen molar-refractivity contribution in [2.45, 2.75) is 18.9 Å². The van der Waals surface area contributed by atoms with Crippen LogP contribution < -0.4 is 4.74 Å². The average Bonchev–Trinajstić information content (AvgIpc) is 2.79. The summed E-state index contributed by atoms with van der Waals surface area (Å²) in [6, 6.07) is 6.28. The highest BCUT2D eigenvalue weighted by Gasteiger charge is 2.24. The second kappa shape index (κ2) is 3.69. The molecule has 0 spiro atoms. The van der Waals surface area contributed by atoms with Crippen LogP contribution in [0.15, 0.2) is 18.2 Å². The summed E-state index contributed by atoms with van der Waals surface area (Å²) in [5, 5.41) is 0. The summed E-state index contributed by atoms with van der Waals surface area (Å²) in [6.45, 7) is 0. The maximum Gasteiger partial charge on any atom is 0.133 e. The van der Waals surface area contributed by atoms with E-state index in [9.17, 15) is 0 Å². The Balaban J connectivity index is 2.18. The third-order valence-corrected chi connectivity index (χ3v) is 3.23. The molecule has 0 unspecified atom stereocenters. The molecule has 1 aliphatic carbocycles. The average molecular weight is 386 g/mol. The number of benzene rings is 1. The highest BCUT2D eigenvalue weighted by Crippen LogP contribution is 2.30. The van der Waals surface area contributed by atoms with E-state index in [1.165, 1.54) is 20.0 Å². The topological polar surface area (TPSA) is 9.23 Å². The molecule has 0 radical (unpaired) electrons. The van der Waals surface area contributed by atoms with Gasteiger partial charge < -0.3 is 4.74 Å². The molecule has 1 aromatic carbocycles. The van der Waals surface area contributed by atoms with Gasteiger partial charge >= 0.3 is 0 Å². The second-order valence-electron chi connectivity index (χ2n) is 2.89. The van der Waals surface area contributed by atoms with Crippen molar-refractivity contribution in [2.75, 3.05) is 0 Å². The van der Waals surface area contributed by atoms with Gasteiger partial charge in [-0.1, -0.05) is 0 Å². The first-order valence-electron chi connectivity index (χ1n) is 3.87. The third kappa shape index (κ3) is 2.25. The number of hydrogen-bond donors (Lipinski definition) is 0. The number of rotatable bonds is 2. The van der Waals surface area contributed by atoms with Gasteiger partial charge in [0.05, 0.1) is 9.67 Å². The van der Waals surface area contributed by atoms with Gasteiger partial charge in [0.1, 0.15) is 5.75 Å². The Morgan fingerprint density at radius 2 is 2.00 bits per heavy atom.